The molecule has 2 aliphatic heterocycles. The van der Waals surface area contributed by atoms with Crippen LogP contribution >= 0.6 is 0 Å². The van der Waals surface area contributed by atoms with Crippen molar-refractivity contribution in [2.45, 2.75) is 49.3 Å². The van der Waals surface area contributed by atoms with Gasteiger partial charge in [-0.2, -0.15) is 4.31 Å². The summed E-state index contributed by atoms with van der Waals surface area (Å²) in [6.45, 7) is 2.21. The number of benzene rings is 2. The van der Waals surface area contributed by atoms with Crippen LogP contribution in [0.5, 0.6) is 5.75 Å². The predicted octanol–water partition coefficient (Wildman–Crippen LogP) is 4.25. The van der Waals surface area contributed by atoms with Gasteiger partial charge in [0.25, 0.3) is 5.69 Å². The fraction of sp³-hybridized carbons (Fsp3) is 0.478. The highest BCUT2D eigenvalue weighted by Crippen LogP contribution is 2.37. The highest BCUT2D eigenvalue weighted by molar-refractivity contribution is 7.89. The van der Waals surface area contributed by atoms with Gasteiger partial charge in [0.05, 0.1) is 9.82 Å². The van der Waals surface area contributed by atoms with Gasteiger partial charge in [-0.25, -0.2) is 8.42 Å². The number of nitrogens with zero attached hydrogens (tertiary/aromatic N) is 3. The summed E-state index contributed by atoms with van der Waals surface area (Å²) in [6, 6.07) is 11.5. The van der Waals surface area contributed by atoms with Gasteiger partial charge in [0.1, 0.15) is 11.4 Å². The summed E-state index contributed by atoms with van der Waals surface area (Å²) in [5.74, 6) is 0.561. The van der Waals surface area contributed by atoms with Crippen LogP contribution < -0.4 is 4.90 Å². The lowest BCUT2D eigenvalue weighted by Crippen LogP contribution is -2.34. The molecule has 8 nitrogen and oxygen atoms in total. The molecule has 0 radical (unpaired) electrons. The Morgan fingerprint density at radius 2 is 1.53 bits per heavy atom. The van der Waals surface area contributed by atoms with Crippen LogP contribution in [0.3, 0.4) is 0 Å². The Labute approximate surface area is 188 Å². The average Bonchev–Trinajstić information content (AvgIpc) is 3.10. The maximum absolute atomic E-state index is 13.1. The number of hydrogen-bond acceptors (Lipinski definition) is 6. The molecule has 1 N–H and O–H groups in total. The van der Waals surface area contributed by atoms with Crippen molar-refractivity contribution < 1.29 is 18.4 Å². The topological polar surface area (TPSA) is 104 Å². The van der Waals surface area contributed by atoms with Crippen LogP contribution in [0.15, 0.2) is 47.4 Å². The van der Waals surface area contributed by atoms with E-state index in [4.69, 9.17) is 0 Å². The molecule has 0 bridgehead atoms. The lowest BCUT2D eigenvalue weighted by Gasteiger charge is -2.33. The highest BCUT2D eigenvalue weighted by Gasteiger charge is 2.30. The van der Waals surface area contributed by atoms with E-state index in [9.17, 15) is 23.6 Å². The number of nitro benzene ring substituents is 1. The number of anilines is 1. The fourth-order valence-corrected chi connectivity index (χ4v) is 6.25. The van der Waals surface area contributed by atoms with E-state index in [1.165, 1.54) is 16.4 Å². The van der Waals surface area contributed by atoms with Gasteiger partial charge in [0.15, 0.2) is 0 Å². The third kappa shape index (κ3) is 4.73. The van der Waals surface area contributed by atoms with Crippen LogP contribution in [0.4, 0.5) is 11.4 Å². The first-order valence-electron chi connectivity index (χ1n) is 11.2. The number of nitro groups is 1. The van der Waals surface area contributed by atoms with Gasteiger partial charge in [-0.15, -0.1) is 0 Å². The van der Waals surface area contributed by atoms with Crippen molar-refractivity contribution in [3.63, 3.8) is 0 Å². The maximum atomic E-state index is 13.1. The van der Waals surface area contributed by atoms with Gasteiger partial charge < -0.3 is 10.0 Å². The monoisotopic (exact) mass is 459 g/mol. The number of hydrogen-bond donors (Lipinski definition) is 1. The number of sulfonamides is 1. The van der Waals surface area contributed by atoms with Gasteiger partial charge in [-0.1, -0.05) is 25.0 Å². The second kappa shape index (κ2) is 9.46. The third-order valence-electron chi connectivity index (χ3n) is 6.55. The Morgan fingerprint density at radius 1 is 0.906 bits per heavy atom. The first-order valence-corrected chi connectivity index (χ1v) is 12.6. The van der Waals surface area contributed by atoms with Crippen molar-refractivity contribution in [2.24, 2.45) is 0 Å². The Hall–Kier alpha value is -2.65. The number of piperidine rings is 1. The molecule has 0 unspecified atom stereocenters. The molecular weight excluding hydrogens is 430 g/mol. The SMILES string of the molecule is O=[N+]([O-])c1cc(S(=O)(=O)N2CCCCCC2)ccc1N1CCC(c2ccc(O)cc2)CC1. The molecule has 2 fully saturated rings. The van der Waals surface area contributed by atoms with Gasteiger partial charge in [0, 0.05) is 32.2 Å². The van der Waals surface area contributed by atoms with Gasteiger partial charge in [-0.3, -0.25) is 10.1 Å². The minimum atomic E-state index is -3.75. The molecule has 0 aromatic heterocycles. The molecule has 2 aromatic carbocycles. The van der Waals surface area contributed by atoms with Crippen LogP contribution in [-0.2, 0) is 10.0 Å². The second-order valence-corrected chi connectivity index (χ2v) is 10.5. The summed E-state index contributed by atoms with van der Waals surface area (Å²) in [7, 11) is -3.75. The third-order valence-corrected chi connectivity index (χ3v) is 8.44. The van der Waals surface area contributed by atoms with Crippen LogP contribution in [-0.4, -0.2) is 48.9 Å². The molecular formula is C23H29N3O5S. The molecule has 0 aliphatic carbocycles. The summed E-state index contributed by atoms with van der Waals surface area (Å²) < 4.78 is 27.7. The van der Waals surface area contributed by atoms with Gasteiger partial charge in [-0.05, 0) is 61.4 Å². The molecule has 4 rings (SSSR count). The van der Waals surface area contributed by atoms with E-state index in [1.54, 1.807) is 18.2 Å². The zero-order valence-corrected chi connectivity index (χ0v) is 18.8. The van der Waals surface area contributed by atoms with E-state index >= 15 is 0 Å². The summed E-state index contributed by atoms with van der Waals surface area (Å²) in [5.41, 5.74) is 1.45. The minimum Gasteiger partial charge on any atom is -0.508 e. The highest BCUT2D eigenvalue weighted by atomic mass is 32.2. The molecule has 2 aliphatic rings. The molecule has 0 spiro atoms. The number of phenols is 1. The largest absolute Gasteiger partial charge is 0.508 e. The van der Waals surface area contributed by atoms with Gasteiger partial charge in [0.2, 0.25) is 10.0 Å². The van der Waals surface area contributed by atoms with Crippen molar-refractivity contribution >= 4 is 21.4 Å². The number of aromatic hydroxyl groups is 1. The maximum Gasteiger partial charge on any atom is 0.293 e. The summed E-state index contributed by atoms with van der Waals surface area (Å²) >= 11 is 0. The Morgan fingerprint density at radius 3 is 2.12 bits per heavy atom. The van der Waals surface area contributed by atoms with Crippen LogP contribution in [0.25, 0.3) is 0 Å². The van der Waals surface area contributed by atoms with Gasteiger partial charge >= 0.3 is 0 Å². The van der Waals surface area contributed by atoms with Crippen molar-refractivity contribution in [2.75, 3.05) is 31.1 Å². The van der Waals surface area contributed by atoms with E-state index in [0.29, 0.717) is 37.8 Å². The first kappa shape index (κ1) is 22.5. The zero-order valence-electron chi connectivity index (χ0n) is 18.0. The van der Waals surface area contributed by atoms with Crippen LogP contribution in [0.2, 0.25) is 0 Å². The molecule has 172 valence electrons. The molecule has 0 saturated carbocycles. The Balaban J connectivity index is 1.54. The van der Waals surface area contributed by atoms with Crippen LogP contribution in [0, 0.1) is 10.1 Å². The predicted molar refractivity (Wildman–Crippen MR) is 123 cm³/mol. The quantitative estimate of drug-likeness (QED) is 0.530. The summed E-state index contributed by atoms with van der Waals surface area (Å²) in [5, 5.41) is 21.3. The molecule has 2 aromatic rings. The van der Waals surface area contributed by atoms with E-state index in [0.717, 1.165) is 44.1 Å². The minimum absolute atomic E-state index is 0.00571. The summed E-state index contributed by atoms with van der Waals surface area (Å²) in [4.78, 5) is 13.3. The molecule has 0 amide bonds. The normalized spacial score (nSPS) is 18.9. The van der Waals surface area contributed by atoms with E-state index in [2.05, 4.69) is 0 Å². The lowest BCUT2D eigenvalue weighted by molar-refractivity contribution is -0.384. The van der Waals surface area contributed by atoms with E-state index < -0.39 is 14.9 Å². The lowest BCUT2D eigenvalue weighted by atomic mass is 9.89. The molecule has 0 atom stereocenters. The zero-order chi connectivity index (χ0) is 22.7. The molecule has 2 heterocycles. The molecule has 32 heavy (non-hydrogen) atoms. The fourth-order valence-electron chi connectivity index (χ4n) is 4.71. The average molecular weight is 460 g/mol. The summed E-state index contributed by atoms with van der Waals surface area (Å²) in [6.07, 6.45) is 5.30. The molecule has 9 heteroatoms. The Bertz CT molecular complexity index is 1060. The standard InChI is InChI=1S/C23H29N3O5S/c27-20-7-5-18(6-8-20)19-11-15-24(16-12-19)22-10-9-21(17-23(22)26(28)29)32(30,31)25-13-3-1-2-4-14-25/h5-10,17,19,27H,1-4,11-16H2. The number of rotatable bonds is 5. The van der Waals surface area contributed by atoms with Crippen LogP contribution in [0.1, 0.15) is 50.0 Å². The molecule has 2 saturated heterocycles. The van der Waals surface area contributed by atoms with Crippen molar-refractivity contribution in [1.82, 2.24) is 4.31 Å². The van der Waals surface area contributed by atoms with Crippen molar-refractivity contribution in [3.8, 4) is 5.75 Å². The first-order chi connectivity index (χ1) is 15.4. The van der Waals surface area contributed by atoms with E-state index in [1.807, 2.05) is 17.0 Å². The smallest absolute Gasteiger partial charge is 0.293 e. The second-order valence-electron chi connectivity index (χ2n) is 8.58. The van der Waals surface area contributed by atoms with Crippen molar-refractivity contribution in [3.05, 3.63) is 58.1 Å². The van der Waals surface area contributed by atoms with E-state index in [-0.39, 0.29) is 16.3 Å². The van der Waals surface area contributed by atoms with Crippen molar-refractivity contribution in [1.29, 1.82) is 0 Å². The Kier molecular flexibility index (Phi) is 6.66. The number of phenolic OH excluding ortho intramolecular Hbond substituents is 1.